The monoisotopic (exact) mass is 262 g/mol. The SMILES string of the molecule is O=C(c1cc2ccccc2o1)c1sccc1Cl. The molecule has 0 spiro atoms. The number of carbonyl (C=O) groups is 1. The minimum atomic E-state index is -0.166. The van der Waals surface area contributed by atoms with E-state index in [4.69, 9.17) is 16.0 Å². The van der Waals surface area contributed by atoms with Gasteiger partial charge in [-0.05, 0) is 23.6 Å². The first-order valence-corrected chi connectivity index (χ1v) is 6.28. The third-order valence-corrected chi connectivity index (χ3v) is 3.81. The van der Waals surface area contributed by atoms with E-state index in [0.717, 1.165) is 5.39 Å². The second-order valence-corrected chi connectivity index (χ2v) is 4.90. The number of fused-ring (bicyclic) bond motifs is 1. The summed E-state index contributed by atoms with van der Waals surface area (Å²) in [7, 11) is 0. The molecule has 4 heteroatoms. The molecule has 0 saturated heterocycles. The third kappa shape index (κ3) is 1.77. The van der Waals surface area contributed by atoms with E-state index in [1.54, 1.807) is 17.5 Å². The molecule has 3 rings (SSSR count). The lowest BCUT2D eigenvalue weighted by molar-refractivity contribution is 0.101. The van der Waals surface area contributed by atoms with Crippen LogP contribution in [0.15, 0.2) is 46.2 Å². The number of carbonyl (C=O) groups excluding carboxylic acids is 1. The van der Waals surface area contributed by atoms with Crippen molar-refractivity contribution < 1.29 is 9.21 Å². The number of halogens is 1. The fraction of sp³-hybridized carbons (Fsp3) is 0. The Bertz CT molecular complexity index is 663. The molecule has 3 aromatic rings. The Morgan fingerprint density at radius 2 is 2.06 bits per heavy atom. The molecule has 0 amide bonds. The van der Waals surface area contributed by atoms with Gasteiger partial charge in [-0.2, -0.15) is 0 Å². The quantitative estimate of drug-likeness (QED) is 0.642. The van der Waals surface area contributed by atoms with Gasteiger partial charge in [-0.1, -0.05) is 29.8 Å². The van der Waals surface area contributed by atoms with Gasteiger partial charge in [0.2, 0.25) is 5.78 Å². The number of para-hydroxylation sites is 1. The zero-order valence-corrected chi connectivity index (χ0v) is 10.2. The number of furan rings is 1. The molecule has 84 valence electrons. The highest BCUT2D eigenvalue weighted by Gasteiger charge is 2.18. The summed E-state index contributed by atoms with van der Waals surface area (Å²) in [6.07, 6.45) is 0. The molecule has 0 bridgehead atoms. The number of hydrogen-bond acceptors (Lipinski definition) is 3. The van der Waals surface area contributed by atoms with Crippen molar-refractivity contribution in [2.24, 2.45) is 0 Å². The first kappa shape index (κ1) is 10.6. The van der Waals surface area contributed by atoms with E-state index in [2.05, 4.69) is 0 Å². The van der Waals surface area contributed by atoms with Gasteiger partial charge in [0.25, 0.3) is 0 Å². The number of benzene rings is 1. The Kier molecular flexibility index (Phi) is 2.50. The molecule has 2 nitrogen and oxygen atoms in total. The summed E-state index contributed by atoms with van der Waals surface area (Å²) >= 11 is 7.25. The van der Waals surface area contributed by atoms with E-state index in [0.29, 0.717) is 21.2 Å². The summed E-state index contributed by atoms with van der Waals surface area (Å²) in [5, 5.41) is 3.18. The Hall–Kier alpha value is -1.58. The Balaban J connectivity index is 2.10. The molecule has 0 aliphatic heterocycles. The van der Waals surface area contributed by atoms with Crippen LogP contribution in [0.5, 0.6) is 0 Å². The molecule has 0 aliphatic carbocycles. The minimum absolute atomic E-state index is 0.166. The number of ketones is 1. The Morgan fingerprint density at radius 1 is 1.24 bits per heavy atom. The molecule has 0 N–H and O–H groups in total. The van der Waals surface area contributed by atoms with Crippen molar-refractivity contribution in [3.8, 4) is 0 Å². The van der Waals surface area contributed by atoms with Crippen LogP contribution in [0.1, 0.15) is 15.4 Å². The highest BCUT2D eigenvalue weighted by Crippen LogP contribution is 2.27. The van der Waals surface area contributed by atoms with Gasteiger partial charge >= 0.3 is 0 Å². The highest BCUT2D eigenvalue weighted by molar-refractivity contribution is 7.13. The second-order valence-electron chi connectivity index (χ2n) is 3.58. The fourth-order valence-corrected chi connectivity index (χ4v) is 2.75. The summed E-state index contributed by atoms with van der Waals surface area (Å²) in [6, 6.07) is 11.0. The average Bonchev–Trinajstić information content (AvgIpc) is 2.93. The van der Waals surface area contributed by atoms with Gasteiger partial charge in [-0.25, -0.2) is 0 Å². The van der Waals surface area contributed by atoms with Gasteiger partial charge in [0.1, 0.15) is 5.58 Å². The summed E-state index contributed by atoms with van der Waals surface area (Å²) < 4.78 is 5.51. The lowest BCUT2D eigenvalue weighted by Gasteiger charge is -1.92. The predicted molar refractivity (Wildman–Crippen MR) is 69.0 cm³/mol. The molecular formula is C13H7ClO2S. The van der Waals surface area contributed by atoms with Crippen LogP contribution < -0.4 is 0 Å². The van der Waals surface area contributed by atoms with Gasteiger partial charge in [-0.15, -0.1) is 11.3 Å². The van der Waals surface area contributed by atoms with Crippen LogP contribution in [0.3, 0.4) is 0 Å². The second kappa shape index (κ2) is 4.02. The summed E-state index contributed by atoms with van der Waals surface area (Å²) in [5.41, 5.74) is 0.712. The normalized spacial score (nSPS) is 10.9. The van der Waals surface area contributed by atoms with Crippen molar-refractivity contribution in [1.29, 1.82) is 0 Å². The lowest BCUT2D eigenvalue weighted by atomic mass is 10.2. The molecule has 0 atom stereocenters. The highest BCUT2D eigenvalue weighted by atomic mass is 35.5. The van der Waals surface area contributed by atoms with Gasteiger partial charge in [0.05, 0.1) is 9.90 Å². The first-order chi connectivity index (χ1) is 8.25. The van der Waals surface area contributed by atoms with E-state index >= 15 is 0 Å². The van der Waals surface area contributed by atoms with Gasteiger partial charge in [0, 0.05) is 5.39 Å². The van der Waals surface area contributed by atoms with Crippen LogP contribution in [0.2, 0.25) is 5.02 Å². The fourth-order valence-electron chi connectivity index (χ4n) is 1.66. The summed E-state index contributed by atoms with van der Waals surface area (Å²) in [5.74, 6) is 0.164. The average molecular weight is 263 g/mol. The van der Waals surface area contributed by atoms with Crippen molar-refractivity contribution in [3.63, 3.8) is 0 Å². The number of hydrogen-bond donors (Lipinski definition) is 0. The largest absolute Gasteiger partial charge is 0.453 e. The zero-order chi connectivity index (χ0) is 11.8. The Morgan fingerprint density at radius 3 is 2.76 bits per heavy atom. The van der Waals surface area contributed by atoms with Crippen LogP contribution >= 0.6 is 22.9 Å². The molecule has 0 aliphatic rings. The molecular weight excluding hydrogens is 256 g/mol. The maximum atomic E-state index is 12.1. The van der Waals surface area contributed by atoms with E-state index in [9.17, 15) is 4.79 Å². The molecule has 0 saturated carbocycles. The lowest BCUT2D eigenvalue weighted by Crippen LogP contribution is -1.96. The van der Waals surface area contributed by atoms with Gasteiger partial charge < -0.3 is 4.42 Å². The van der Waals surface area contributed by atoms with E-state index in [1.165, 1.54) is 11.3 Å². The molecule has 2 aromatic heterocycles. The van der Waals surface area contributed by atoms with Crippen molar-refractivity contribution in [2.45, 2.75) is 0 Å². The molecule has 0 unspecified atom stereocenters. The minimum Gasteiger partial charge on any atom is -0.453 e. The maximum Gasteiger partial charge on any atom is 0.239 e. The van der Waals surface area contributed by atoms with Crippen LogP contribution in [-0.2, 0) is 0 Å². The first-order valence-electron chi connectivity index (χ1n) is 5.02. The van der Waals surface area contributed by atoms with Crippen LogP contribution in [-0.4, -0.2) is 5.78 Å². The third-order valence-electron chi connectivity index (χ3n) is 2.47. The predicted octanol–water partition coefficient (Wildman–Crippen LogP) is 4.38. The molecule has 17 heavy (non-hydrogen) atoms. The van der Waals surface area contributed by atoms with Gasteiger partial charge in [-0.3, -0.25) is 4.79 Å². The van der Waals surface area contributed by atoms with Crippen LogP contribution in [0.25, 0.3) is 11.0 Å². The Labute approximate surface area is 106 Å². The van der Waals surface area contributed by atoms with Crippen molar-refractivity contribution in [2.75, 3.05) is 0 Å². The summed E-state index contributed by atoms with van der Waals surface area (Å²) in [6.45, 7) is 0. The number of thiophene rings is 1. The van der Waals surface area contributed by atoms with E-state index in [-0.39, 0.29) is 5.78 Å². The smallest absolute Gasteiger partial charge is 0.239 e. The maximum absolute atomic E-state index is 12.1. The van der Waals surface area contributed by atoms with Crippen LogP contribution in [0.4, 0.5) is 0 Å². The van der Waals surface area contributed by atoms with Crippen LogP contribution in [0, 0.1) is 0 Å². The standard InChI is InChI=1S/C13H7ClO2S/c14-9-5-6-17-13(9)12(15)11-7-8-3-1-2-4-10(8)16-11/h1-7H. The zero-order valence-electron chi connectivity index (χ0n) is 8.64. The molecule has 2 heterocycles. The molecule has 0 fully saturated rings. The van der Waals surface area contributed by atoms with E-state index in [1.807, 2.05) is 24.3 Å². The topological polar surface area (TPSA) is 30.2 Å². The van der Waals surface area contributed by atoms with Crippen molar-refractivity contribution >= 4 is 39.7 Å². The summed E-state index contributed by atoms with van der Waals surface area (Å²) in [4.78, 5) is 12.6. The molecule has 1 aromatic carbocycles. The van der Waals surface area contributed by atoms with Crippen molar-refractivity contribution in [3.05, 3.63) is 57.4 Å². The van der Waals surface area contributed by atoms with Gasteiger partial charge in [0.15, 0.2) is 5.76 Å². The molecule has 0 radical (unpaired) electrons. The van der Waals surface area contributed by atoms with Crippen molar-refractivity contribution in [1.82, 2.24) is 0 Å². The number of rotatable bonds is 2. The van der Waals surface area contributed by atoms with E-state index < -0.39 is 0 Å².